The standard InChI is InChI=1S/C25H31N5O2/c1-14-9-18(12-19(26)10-14)16(3)27-25-21-13-22(30-5-7-31-8-6-30)24-20(11-15(2)32-24)23(21)28-17(4)29-25/h9-10,12-13,15-16H,5-8,11,26H2,1-4H3,(H,27,28,29)/t15-,16+/m0/s1. The highest BCUT2D eigenvalue weighted by Crippen LogP contribution is 2.44. The molecule has 0 saturated carbocycles. The molecule has 2 atom stereocenters. The molecule has 5 rings (SSSR count). The Balaban J connectivity index is 1.62. The van der Waals surface area contributed by atoms with E-state index < -0.39 is 0 Å². The zero-order chi connectivity index (χ0) is 22.4. The van der Waals surface area contributed by atoms with Crippen LogP contribution in [0.3, 0.4) is 0 Å². The number of nitrogens with one attached hydrogen (secondary N) is 1. The van der Waals surface area contributed by atoms with Crippen molar-refractivity contribution in [2.24, 2.45) is 0 Å². The highest BCUT2D eigenvalue weighted by molar-refractivity contribution is 5.97. The minimum Gasteiger partial charge on any atom is -0.488 e. The van der Waals surface area contributed by atoms with E-state index in [1.807, 2.05) is 19.1 Å². The molecule has 0 aliphatic carbocycles. The molecule has 3 N–H and O–H groups in total. The molecule has 168 valence electrons. The molecule has 3 aromatic rings. The summed E-state index contributed by atoms with van der Waals surface area (Å²) in [5.41, 5.74) is 12.4. The Hall–Kier alpha value is -3.06. The lowest BCUT2D eigenvalue weighted by atomic mass is 10.0. The number of ether oxygens (including phenoxy) is 2. The number of hydrogen-bond acceptors (Lipinski definition) is 7. The fourth-order valence-corrected chi connectivity index (χ4v) is 4.79. The van der Waals surface area contributed by atoms with Gasteiger partial charge in [0.15, 0.2) is 0 Å². The van der Waals surface area contributed by atoms with Gasteiger partial charge in [-0.05, 0) is 57.0 Å². The van der Waals surface area contributed by atoms with Crippen molar-refractivity contribution in [1.29, 1.82) is 0 Å². The van der Waals surface area contributed by atoms with E-state index in [9.17, 15) is 0 Å². The predicted octanol–water partition coefficient (Wildman–Crippen LogP) is 4.16. The molecule has 3 heterocycles. The van der Waals surface area contributed by atoms with E-state index in [1.54, 1.807) is 0 Å². The van der Waals surface area contributed by atoms with Gasteiger partial charge in [-0.3, -0.25) is 0 Å². The normalized spacial score (nSPS) is 19.0. The smallest absolute Gasteiger partial charge is 0.148 e. The van der Waals surface area contributed by atoms with Crippen LogP contribution < -0.4 is 20.7 Å². The van der Waals surface area contributed by atoms with Crippen LogP contribution in [-0.2, 0) is 11.2 Å². The van der Waals surface area contributed by atoms with Crippen molar-refractivity contribution in [2.45, 2.75) is 46.3 Å². The van der Waals surface area contributed by atoms with Gasteiger partial charge in [-0.2, -0.15) is 0 Å². The van der Waals surface area contributed by atoms with Crippen LogP contribution in [0.25, 0.3) is 10.9 Å². The summed E-state index contributed by atoms with van der Waals surface area (Å²) in [6.45, 7) is 11.4. The first kappa shape index (κ1) is 20.8. The Kier molecular flexibility index (Phi) is 5.29. The van der Waals surface area contributed by atoms with E-state index in [2.05, 4.69) is 43.1 Å². The first-order valence-corrected chi connectivity index (χ1v) is 11.4. The van der Waals surface area contributed by atoms with Gasteiger partial charge in [-0.15, -0.1) is 0 Å². The summed E-state index contributed by atoms with van der Waals surface area (Å²) in [6, 6.07) is 8.41. The van der Waals surface area contributed by atoms with Crippen LogP contribution in [0, 0.1) is 13.8 Å². The highest BCUT2D eigenvalue weighted by Gasteiger charge is 2.30. The van der Waals surface area contributed by atoms with Crippen molar-refractivity contribution < 1.29 is 9.47 Å². The Morgan fingerprint density at radius 2 is 1.91 bits per heavy atom. The van der Waals surface area contributed by atoms with Crippen LogP contribution in [0.1, 0.15) is 42.4 Å². The molecule has 7 nitrogen and oxygen atoms in total. The molecule has 1 saturated heterocycles. The van der Waals surface area contributed by atoms with Gasteiger partial charge in [0, 0.05) is 36.1 Å². The Morgan fingerprint density at radius 1 is 1.12 bits per heavy atom. The molecule has 32 heavy (non-hydrogen) atoms. The summed E-state index contributed by atoms with van der Waals surface area (Å²) in [5.74, 6) is 2.56. The van der Waals surface area contributed by atoms with Gasteiger partial charge in [0.05, 0.1) is 30.5 Å². The number of nitrogens with zero attached hydrogens (tertiary/aromatic N) is 3. The lowest BCUT2D eigenvalue weighted by molar-refractivity contribution is 0.122. The zero-order valence-electron chi connectivity index (χ0n) is 19.2. The first-order valence-electron chi connectivity index (χ1n) is 11.4. The van der Waals surface area contributed by atoms with E-state index in [1.165, 1.54) is 5.56 Å². The molecule has 0 radical (unpaired) electrons. The quantitative estimate of drug-likeness (QED) is 0.598. The maximum absolute atomic E-state index is 6.28. The Morgan fingerprint density at radius 3 is 2.66 bits per heavy atom. The van der Waals surface area contributed by atoms with Gasteiger partial charge in [0.1, 0.15) is 23.5 Å². The summed E-state index contributed by atoms with van der Waals surface area (Å²) in [5, 5.41) is 4.67. The van der Waals surface area contributed by atoms with Crippen molar-refractivity contribution in [1.82, 2.24) is 9.97 Å². The SMILES string of the molecule is Cc1cc(N)cc([C@@H](C)Nc2nc(C)nc3c4c(c(N5CCOCC5)cc23)O[C@@H](C)C4)c1. The second-order valence-corrected chi connectivity index (χ2v) is 8.99. The number of aromatic nitrogens is 2. The third kappa shape index (κ3) is 3.81. The topological polar surface area (TPSA) is 85.5 Å². The first-order chi connectivity index (χ1) is 15.4. The highest BCUT2D eigenvalue weighted by atomic mass is 16.5. The van der Waals surface area contributed by atoms with Gasteiger partial charge < -0.3 is 25.4 Å². The van der Waals surface area contributed by atoms with Crippen molar-refractivity contribution >= 4 is 28.1 Å². The Bertz CT molecular complexity index is 1150. The summed E-state index contributed by atoms with van der Waals surface area (Å²) in [7, 11) is 0. The molecule has 1 aromatic heterocycles. The van der Waals surface area contributed by atoms with E-state index in [-0.39, 0.29) is 12.1 Å². The van der Waals surface area contributed by atoms with Crippen molar-refractivity contribution in [3.05, 3.63) is 46.8 Å². The molecule has 0 amide bonds. The fourth-order valence-electron chi connectivity index (χ4n) is 4.79. The maximum atomic E-state index is 6.28. The minimum atomic E-state index is 0.0463. The molecular formula is C25H31N5O2. The van der Waals surface area contributed by atoms with Gasteiger partial charge in [-0.25, -0.2) is 9.97 Å². The second kappa shape index (κ2) is 8.13. The lowest BCUT2D eigenvalue weighted by Gasteiger charge is -2.30. The molecule has 2 aliphatic rings. The molecule has 2 aromatic carbocycles. The predicted molar refractivity (Wildman–Crippen MR) is 129 cm³/mol. The molecule has 7 heteroatoms. The minimum absolute atomic E-state index is 0.0463. The Labute approximate surface area is 188 Å². The number of morpholine rings is 1. The largest absolute Gasteiger partial charge is 0.488 e. The van der Waals surface area contributed by atoms with Crippen LogP contribution in [0.4, 0.5) is 17.2 Å². The number of fused-ring (bicyclic) bond motifs is 3. The van der Waals surface area contributed by atoms with Crippen molar-refractivity contribution in [3.63, 3.8) is 0 Å². The maximum Gasteiger partial charge on any atom is 0.148 e. The number of nitrogen functional groups attached to an aromatic ring is 1. The van der Waals surface area contributed by atoms with Crippen molar-refractivity contribution in [3.8, 4) is 5.75 Å². The summed E-state index contributed by atoms with van der Waals surface area (Å²) in [4.78, 5) is 12.0. The second-order valence-electron chi connectivity index (χ2n) is 8.99. The van der Waals surface area contributed by atoms with E-state index in [0.717, 1.165) is 83.5 Å². The average molecular weight is 434 g/mol. The number of hydrogen-bond donors (Lipinski definition) is 2. The number of benzene rings is 2. The number of nitrogens with two attached hydrogens (primary N) is 1. The number of aryl methyl sites for hydroxylation is 2. The van der Waals surface area contributed by atoms with Crippen LogP contribution in [-0.4, -0.2) is 42.4 Å². The van der Waals surface area contributed by atoms with Crippen LogP contribution in [0.15, 0.2) is 24.3 Å². The van der Waals surface area contributed by atoms with Crippen molar-refractivity contribution in [2.75, 3.05) is 42.3 Å². The number of anilines is 3. The third-order valence-corrected chi connectivity index (χ3v) is 6.27. The average Bonchev–Trinajstić information content (AvgIpc) is 3.15. The number of rotatable bonds is 4. The van der Waals surface area contributed by atoms with E-state index in [0.29, 0.717) is 0 Å². The van der Waals surface area contributed by atoms with Crippen LogP contribution in [0.2, 0.25) is 0 Å². The molecule has 2 aliphatic heterocycles. The molecule has 0 spiro atoms. The van der Waals surface area contributed by atoms with E-state index >= 15 is 0 Å². The summed E-state index contributed by atoms with van der Waals surface area (Å²) >= 11 is 0. The monoisotopic (exact) mass is 433 g/mol. The summed E-state index contributed by atoms with van der Waals surface area (Å²) in [6.07, 6.45) is 0.986. The van der Waals surface area contributed by atoms with Gasteiger partial charge >= 0.3 is 0 Å². The zero-order valence-corrected chi connectivity index (χ0v) is 19.2. The fraction of sp³-hybridized carbons (Fsp3) is 0.440. The lowest BCUT2D eigenvalue weighted by Crippen LogP contribution is -2.36. The van der Waals surface area contributed by atoms with Gasteiger partial charge in [-0.1, -0.05) is 6.07 Å². The van der Waals surface area contributed by atoms with Gasteiger partial charge in [0.25, 0.3) is 0 Å². The van der Waals surface area contributed by atoms with E-state index in [4.69, 9.17) is 25.2 Å². The molecule has 0 unspecified atom stereocenters. The molecular weight excluding hydrogens is 402 g/mol. The van der Waals surface area contributed by atoms with Crippen LogP contribution >= 0.6 is 0 Å². The third-order valence-electron chi connectivity index (χ3n) is 6.27. The molecule has 1 fully saturated rings. The van der Waals surface area contributed by atoms with Crippen LogP contribution in [0.5, 0.6) is 5.75 Å². The molecule has 0 bridgehead atoms. The van der Waals surface area contributed by atoms with Gasteiger partial charge in [0.2, 0.25) is 0 Å². The summed E-state index contributed by atoms with van der Waals surface area (Å²) < 4.78 is 11.9.